The third kappa shape index (κ3) is 3.57. The molecule has 0 saturated carbocycles. The monoisotopic (exact) mass is 275 g/mol. The first-order chi connectivity index (χ1) is 9.56. The van der Waals surface area contributed by atoms with Crippen molar-refractivity contribution in [1.82, 2.24) is 15.5 Å². The Bertz CT molecular complexity index is 550. The number of amides is 1. The van der Waals surface area contributed by atoms with Crippen LogP contribution in [0.25, 0.3) is 11.5 Å². The molecule has 2 aromatic rings. The van der Waals surface area contributed by atoms with Crippen LogP contribution in [0.5, 0.6) is 5.75 Å². The lowest BCUT2D eigenvalue weighted by Gasteiger charge is -2.16. The summed E-state index contributed by atoms with van der Waals surface area (Å²) < 4.78 is 10.7. The van der Waals surface area contributed by atoms with Gasteiger partial charge in [0.15, 0.2) is 6.10 Å². The Kier molecular flexibility index (Phi) is 4.34. The van der Waals surface area contributed by atoms with Crippen molar-refractivity contribution in [2.75, 3.05) is 0 Å². The van der Waals surface area contributed by atoms with Crippen molar-refractivity contribution in [2.24, 2.45) is 0 Å². The average molecular weight is 275 g/mol. The summed E-state index contributed by atoms with van der Waals surface area (Å²) in [4.78, 5) is 11.7. The zero-order valence-corrected chi connectivity index (χ0v) is 11.7. The minimum Gasteiger partial charge on any atom is -0.481 e. The van der Waals surface area contributed by atoms with Crippen molar-refractivity contribution < 1.29 is 13.9 Å². The van der Waals surface area contributed by atoms with Crippen LogP contribution in [0.3, 0.4) is 0 Å². The normalized spacial score (nSPS) is 12.2. The van der Waals surface area contributed by atoms with Gasteiger partial charge in [-0.1, -0.05) is 0 Å². The first-order valence-electron chi connectivity index (χ1n) is 6.40. The number of rotatable bonds is 5. The van der Waals surface area contributed by atoms with Crippen molar-refractivity contribution in [3.05, 3.63) is 30.7 Å². The first-order valence-corrected chi connectivity index (χ1v) is 6.40. The first kappa shape index (κ1) is 14.0. The molecule has 0 saturated heterocycles. The largest absolute Gasteiger partial charge is 0.481 e. The lowest BCUT2D eigenvalue weighted by Crippen LogP contribution is -2.39. The molecule has 6 nitrogen and oxygen atoms in total. The molecule has 1 heterocycles. The molecule has 1 aromatic heterocycles. The van der Waals surface area contributed by atoms with E-state index in [0.717, 1.165) is 5.56 Å². The summed E-state index contributed by atoms with van der Waals surface area (Å²) >= 11 is 0. The Labute approximate surface area is 117 Å². The van der Waals surface area contributed by atoms with E-state index in [2.05, 4.69) is 15.5 Å². The topological polar surface area (TPSA) is 77.2 Å². The number of aromatic nitrogens is 2. The molecule has 0 aliphatic heterocycles. The molecular weight excluding hydrogens is 258 g/mol. The highest BCUT2D eigenvalue weighted by atomic mass is 16.5. The second-order valence-corrected chi connectivity index (χ2v) is 4.69. The van der Waals surface area contributed by atoms with Crippen LogP contribution in [0.4, 0.5) is 0 Å². The predicted molar refractivity (Wildman–Crippen MR) is 73.1 cm³/mol. The van der Waals surface area contributed by atoms with Crippen LogP contribution in [0.1, 0.15) is 20.8 Å². The van der Waals surface area contributed by atoms with Gasteiger partial charge in [0.05, 0.1) is 0 Å². The Balaban J connectivity index is 1.98. The smallest absolute Gasteiger partial charge is 0.260 e. The molecule has 1 amide bonds. The summed E-state index contributed by atoms with van der Waals surface area (Å²) in [6.07, 6.45) is 0.726. The highest BCUT2D eigenvalue weighted by Gasteiger charge is 2.15. The molecule has 1 unspecified atom stereocenters. The Morgan fingerprint density at radius 2 is 1.95 bits per heavy atom. The summed E-state index contributed by atoms with van der Waals surface area (Å²) in [6.45, 7) is 5.53. The van der Waals surface area contributed by atoms with Crippen molar-refractivity contribution in [1.29, 1.82) is 0 Å². The Morgan fingerprint density at radius 3 is 2.50 bits per heavy atom. The van der Waals surface area contributed by atoms with Gasteiger partial charge in [-0.2, -0.15) is 0 Å². The highest BCUT2D eigenvalue weighted by molar-refractivity contribution is 5.80. The van der Waals surface area contributed by atoms with Gasteiger partial charge in [0.2, 0.25) is 12.3 Å². The van der Waals surface area contributed by atoms with Crippen molar-refractivity contribution in [3.8, 4) is 17.2 Å². The number of hydrogen-bond donors (Lipinski definition) is 1. The van der Waals surface area contributed by atoms with Gasteiger partial charge >= 0.3 is 0 Å². The van der Waals surface area contributed by atoms with E-state index in [0.29, 0.717) is 11.6 Å². The van der Waals surface area contributed by atoms with E-state index in [-0.39, 0.29) is 11.9 Å². The molecular formula is C14H17N3O3. The molecule has 20 heavy (non-hydrogen) atoms. The number of ether oxygens (including phenoxy) is 1. The second kappa shape index (κ2) is 6.18. The molecule has 0 aliphatic rings. The van der Waals surface area contributed by atoms with Crippen molar-refractivity contribution in [3.63, 3.8) is 0 Å². The molecule has 1 aromatic carbocycles. The van der Waals surface area contributed by atoms with Crippen LogP contribution >= 0.6 is 0 Å². The zero-order chi connectivity index (χ0) is 14.5. The van der Waals surface area contributed by atoms with E-state index in [4.69, 9.17) is 9.15 Å². The SMILES string of the molecule is CC(C)NC(=O)C(C)Oc1ccc(-c2nnco2)cc1. The fourth-order valence-electron chi connectivity index (χ4n) is 1.63. The molecule has 1 N–H and O–H groups in total. The Hall–Kier alpha value is -2.37. The third-order valence-corrected chi connectivity index (χ3v) is 2.57. The number of hydrogen-bond acceptors (Lipinski definition) is 5. The molecule has 0 aliphatic carbocycles. The van der Waals surface area contributed by atoms with Gasteiger partial charge in [-0.05, 0) is 45.0 Å². The van der Waals surface area contributed by atoms with E-state index >= 15 is 0 Å². The fraction of sp³-hybridized carbons (Fsp3) is 0.357. The van der Waals surface area contributed by atoms with Gasteiger partial charge < -0.3 is 14.5 Å². The van der Waals surface area contributed by atoms with Crippen LogP contribution in [0.2, 0.25) is 0 Å². The number of nitrogens with one attached hydrogen (secondary N) is 1. The quantitative estimate of drug-likeness (QED) is 0.903. The maximum Gasteiger partial charge on any atom is 0.260 e. The van der Waals surface area contributed by atoms with Gasteiger partial charge in [0, 0.05) is 11.6 Å². The Morgan fingerprint density at radius 1 is 1.25 bits per heavy atom. The van der Waals surface area contributed by atoms with E-state index in [1.165, 1.54) is 6.39 Å². The van der Waals surface area contributed by atoms with Crippen LogP contribution < -0.4 is 10.1 Å². The number of benzene rings is 1. The molecule has 106 valence electrons. The maximum absolute atomic E-state index is 11.7. The number of nitrogens with zero attached hydrogens (tertiary/aromatic N) is 2. The molecule has 0 bridgehead atoms. The van der Waals surface area contributed by atoms with E-state index in [9.17, 15) is 4.79 Å². The van der Waals surface area contributed by atoms with Gasteiger partial charge in [-0.3, -0.25) is 4.79 Å². The third-order valence-electron chi connectivity index (χ3n) is 2.57. The standard InChI is InChI=1S/C14H17N3O3/c1-9(2)16-13(18)10(3)20-12-6-4-11(5-7-12)14-17-15-8-19-14/h4-10H,1-3H3,(H,16,18). The molecule has 0 spiro atoms. The lowest BCUT2D eigenvalue weighted by molar-refractivity contribution is -0.127. The molecule has 1 atom stereocenters. The van der Waals surface area contributed by atoms with Crippen molar-refractivity contribution >= 4 is 5.91 Å². The zero-order valence-electron chi connectivity index (χ0n) is 11.7. The molecule has 6 heteroatoms. The number of carbonyl (C=O) groups excluding carboxylic acids is 1. The van der Waals surface area contributed by atoms with E-state index in [1.807, 2.05) is 13.8 Å². The average Bonchev–Trinajstić information content (AvgIpc) is 2.92. The van der Waals surface area contributed by atoms with Crippen LogP contribution in [0.15, 0.2) is 35.1 Å². The number of carbonyl (C=O) groups is 1. The van der Waals surface area contributed by atoms with Crippen LogP contribution in [-0.4, -0.2) is 28.3 Å². The molecule has 2 rings (SSSR count). The highest BCUT2D eigenvalue weighted by Crippen LogP contribution is 2.20. The fourth-order valence-corrected chi connectivity index (χ4v) is 1.63. The van der Waals surface area contributed by atoms with E-state index in [1.54, 1.807) is 31.2 Å². The molecule has 0 fully saturated rings. The minimum absolute atomic E-state index is 0.0912. The lowest BCUT2D eigenvalue weighted by atomic mass is 10.2. The summed E-state index contributed by atoms with van der Waals surface area (Å²) in [6, 6.07) is 7.22. The predicted octanol–water partition coefficient (Wildman–Crippen LogP) is 2.03. The summed E-state index contributed by atoms with van der Waals surface area (Å²) in [5.74, 6) is 0.919. The van der Waals surface area contributed by atoms with Gasteiger partial charge in [0.1, 0.15) is 5.75 Å². The van der Waals surface area contributed by atoms with Crippen LogP contribution in [0, 0.1) is 0 Å². The summed E-state index contributed by atoms with van der Waals surface area (Å²) in [5.41, 5.74) is 0.800. The minimum atomic E-state index is -0.549. The molecule has 0 radical (unpaired) electrons. The summed E-state index contributed by atoms with van der Waals surface area (Å²) in [7, 11) is 0. The second-order valence-electron chi connectivity index (χ2n) is 4.69. The van der Waals surface area contributed by atoms with Crippen molar-refractivity contribution in [2.45, 2.75) is 32.9 Å². The van der Waals surface area contributed by atoms with Crippen LogP contribution in [-0.2, 0) is 4.79 Å². The summed E-state index contributed by atoms with van der Waals surface area (Å²) in [5, 5.41) is 10.2. The van der Waals surface area contributed by atoms with Gasteiger partial charge in [-0.15, -0.1) is 10.2 Å². The van der Waals surface area contributed by atoms with E-state index < -0.39 is 6.10 Å². The van der Waals surface area contributed by atoms with Gasteiger partial charge in [0.25, 0.3) is 5.91 Å². The maximum atomic E-state index is 11.7. The van der Waals surface area contributed by atoms with Gasteiger partial charge in [-0.25, -0.2) is 0 Å².